The molecule has 2 nitrogen and oxygen atoms in total. The number of hydrogen-bond acceptors (Lipinski definition) is 2. The third-order valence-corrected chi connectivity index (χ3v) is 2.98. The number of unbranched alkanes of at least 4 members (excludes halogenated alkanes) is 1. The monoisotopic (exact) mass is 284 g/mol. The zero-order chi connectivity index (χ0) is 11.8. The van der Waals surface area contributed by atoms with Crippen molar-refractivity contribution in [2.24, 2.45) is 0 Å². The first-order valence-electron chi connectivity index (χ1n) is 5.29. The van der Waals surface area contributed by atoms with Gasteiger partial charge in [0.05, 0.1) is 13.7 Å². The van der Waals surface area contributed by atoms with Crippen LogP contribution in [0.5, 0.6) is 5.75 Å². The predicted molar refractivity (Wildman–Crippen MR) is 69.8 cm³/mol. The van der Waals surface area contributed by atoms with Crippen LogP contribution in [0.25, 0.3) is 0 Å². The first-order valence-corrected chi connectivity index (χ1v) is 6.08. The zero-order valence-corrected chi connectivity index (χ0v) is 11.1. The Balaban J connectivity index is 2.43. The van der Waals surface area contributed by atoms with E-state index in [0.29, 0.717) is 6.61 Å². The van der Waals surface area contributed by atoms with E-state index in [4.69, 9.17) is 9.47 Å². The second kappa shape index (κ2) is 7.47. The lowest BCUT2D eigenvalue weighted by Crippen LogP contribution is -1.96. The smallest absolute Gasteiger partial charge is 0.119 e. The summed E-state index contributed by atoms with van der Waals surface area (Å²) in [7, 11) is 1.66. The van der Waals surface area contributed by atoms with Gasteiger partial charge in [0.2, 0.25) is 0 Å². The molecule has 0 heterocycles. The number of hydrogen-bond donors (Lipinski definition) is 0. The molecule has 0 atom stereocenters. The highest BCUT2D eigenvalue weighted by Crippen LogP contribution is 2.23. The molecule has 0 radical (unpaired) electrons. The van der Waals surface area contributed by atoms with Gasteiger partial charge in [-0.3, -0.25) is 0 Å². The van der Waals surface area contributed by atoms with E-state index in [-0.39, 0.29) is 0 Å². The lowest BCUT2D eigenvalue weighted by atomic mass is 10.2. The standard InChI is InChI=1S/C13H17BrO2/c1-3-4-5-8-16-10-11-9-12(15-2)6-7-13(11)14/h3,6-7,9H,1,4-5,8,10H2,2H3. The van der Waals surface area contributed by atoms with Crippen LogP contribution in [0.3, 0.4) is 0 Å². The van der Waals surface area contributed by atoms with E-state index in [1.807, 2.05) is 24.3 Å². The SMILES string of the molecule is C=CCCCOCc1cc(OC)ccc1Br. The van der Waals surface area contributed by atoms with E-state index in [1.165, 1.54) is 0 Å². The number of benzene rings is 1. The molecule has 0 saturated heterocycles. The first-order chi connectivity index (χ1) is 7.77. The molecule has 0 fully saturated rings. The fourth-order valence-electron chi connectivity index (χ4n) is 1.30. The van der Waals surface area contributed by atoms with Gasteiger partial charge in [-0.05, 0) is 36.6 Å². The zero-order valence-electron chi connectivity index (χ0n) is 9.54. The summed E-state index contributed by atoms with van der Waals surface area (Å²) in [5.74, 6) is 0.855. The molecule has 0 bridgehead atoms. The van der Waals surface area contributed by atoms with Crippen LogP contribution in [0.2, 0.25) is 0 Å². The number of methoxy groups -OCH3 is 1. The van der Waals surface area contributed by atoms with Gasteiger partial charge >= 0.3 is 0 Å². The highest BCUT2D eigenvalue weighted by atomic mass is 79.9. The molecule has 0 aromatic heterocycles. The molecule has 3 heteroatoms. The Morgan fingerprint density at radius 3 is 2.94 bits per heavy atom. The van der Waals surface area contributed by atoms with Crippen molar-refractivity contribution in [1.82, 2.24) is 0 Å². The van der Waals surface area contributed by atoms with Gasteiger partial charge in [0.1, 0.15) is 5.75 Å². The predicted octanol–water partition coefficient (Wildman–Crippen LogP) is 3.94. The second-order valence-corrected chi connectivity index (χ2v) is 4.30. The minimum Gasteiger partial charge on any atom is -0.497 e. The summed E-state index contributed by atoms with van der Waals surface area (Å²) in [6, 6.07) is 5.88. The summed E-state index contributed by atoms with van der Waals surface area (Å²) < 4.78 is 11.8. The molecule has 1 aromatic rings. The quantitative estimate of drug-likeness (QED) is 0.558. The number of allylic oxidation sites excluding steroid dienone is 1. The van der Waals surface area contributed by atoms with Crippen LogP contribution in [0.15, 0.2) is 35.3 Å². The summed E-state index contributed by atoms with van der Waals surface area (Å²) in [4.78, 5) is 0. The fourth-order valence-corrected chi connectivity index (χ4v) is 1.66. The molecule has 0 amide bonds. The molecule has 88 valence electrons. The van der Waals surface area contributed by atoms with E-state index in [1.54, 1.807) is 7.11 Å². The van der Waals surface area contributed by atoms with Crippen LogP contribution in [0.4, 0.5) is 0 Å². The summed E-state index contributed by atoms with van der Waals surface area (Å²) >= 11 is 3.49. The van der Waals surface area contributed by atoms with Crippen LogP contribution in [-0.2, 0) is 11.3 Å². The second-order valence-electron chi connectivity index (χ2n) is 3.44. The fraction of sp³-hybridized carbons (Fsp3) is 0.385. The average Bonchev–Trinajstić information content (AvgIpc) is 2.31. The minimum atomic E-state index is 0.606. The Kier molecular flexibility index (Phi) is 6.19. The Morgan fingerprint density at radius 1 is 1.44 bits per heavy atom. The average molecular weight is 285 g/mol. The van der Waals surface area contributed by atoms with E-state index >= 15 is 0 Å². The molecule has 0 unspecified atom stereocenters. The molecule has 0 N–H and O–H groups in total. The molecule has 0 aliphatic heterocycles. The van der Waals surface area contributed by atoms with Crippen molar-refractivity contribution in [1.29, 1.82) is 0 Å². The van der Waals surface area contributed by atoms with Gasteiger partial charge in [0.15, 0.2) is 0 Å². The third-order valence-electron chi connectivity index (χ3n) is 2.21. The van der Waals surface area contributed by atoms with Gasteiger partial charge in [-0.15, -0.1) is 6.58 Å². The van der Waals surface area contributed by atoms with Crippen molar-refractivity contribution in [3.05, 3.63) is 40.9 Å². The van der Waals surface area contributed by atoms with Crippen LogP contribution >= 0.6 is 15.9 Å². The van der Waals surface area contributed by atoms with Gasteiger partial charge in [-0.1, -0.05) is 22.0 Å². The molecule has 0 spiro atoms. The maximum absolute atomic E-state index is 5.57. The van der Waals surface area contributed by atoms with E-state index in [9.17, 15) is 0 Å². The van der Waals surface area contributed by atoms with Crippen molar-refractivity contribution in [3.63, 3.8) is 0 Å². The summed E-state index contributed by atoms with van der Waals surface area (Å²) in [5, 5.41) is 0. The Bertz CT molecular complexity index is 337. The van der Waals surface area contributed by atoms with Gasteiger partial charge in [0, 0.05) is 11.1 Å². The van der Waals surface area contributed by atoms with E-state index in [0.717, 1.165) is 35.2 Å². The number of halogens is 1. The van der Waals surface area contributed by atoms with Gasteiger partial charge in [-0.2, -0.15) is 0 Å². The number of rotatable bonds is 7. The van der Waals surface area contributed by atoms with Crippen molar-refractivity contribution in [3.8, 4) is 5.75 Å². The van der Waals surface area contributed by atoms with Crippen molar-refractivity contribution < 1.29 is 9.47 Å². The van der Waals surface area contributed by atoms with E-state index in [2.05, 4.69) is 22.5 Å². The van der Waals surface area contributed by atoms with Crippen LogP contribution in [0, 0.1) is 0 Å². The molecule has 0 saturated carbocycles. The minimum absolute atomic E-state index is 0.606. The molecular weight excluding hydrogens is 268 g/mol. The third kappa shape index (κ3) is 4.37. The lowest BCUT2D eigenvalue weighted by molar-refractivity contribution is 0.118. The molecule has 16 heavy (non-hydrogen) atoms. The van der Waals surface area contributed by atoms with Gasteiger partial charge < -0.3 is 9.47 Å². The molecule has 1 rings (SSSR count). The van der Waals surface area contributed by atoms with Crippen molar-refractivity contribution in [2.45, 2.75) is 19.4 Å². The maximum atomic E-state index is 5.57. The van der Waals surface area contributed by atoms with Crippen LogP contribution in [0.1, 0.15) is 18.4 Å². The van der Waals surface area contributed by atoms with Crippen LogP contribution < -0.4 is 4.74 Å². The molecule has 1 aromatic carbocycles. The highest BCUT2D eigenvalue weighted by Gasteiger charge is 2.02. The van der Waals surface area contributed by atoms with Crippen molar-refractivity contribution >= 4 is 15.9 Å². The molecule has 0 aliphatic carbocycles. The normalized spacial score (nSPS) is 10.1. The summed E-state index contributed by atoms with van der Waals surface area (Å²) in [5.41, 5.74) is 1.11. The lowest BCUT2D eigenvalue weighted by Gasteiger charge is -2.08. The van der Waals surface area contributed by atoms with Crippen LogP contribution in [-0.4, -0.2) is 13.7 Å². The van der Waals surface area contributed by atoms with Gasteiger partial charge in [-0.25, -0.2) is 0 Å². The first kappa shape index (κ1) is 13.3. The highest BCUT2D eigenvalue weighted by molar-refractivity contribution is 9.10. The van der Waals surface area contributed by atoms with E-state index < -0.39 is 0 Å². The largest absolute Gasteiger partial charge is 0.497 e. The Morgan fingerprint density at radius 2 is 2.25 bits per heavy atom. The number of ether oxygens (including phenoxy) is 2. The molecular formula is C13H17BrO2. The van der Waals surface area contributed by atoms with Crippen molar-refractivity contribution in [2.75, 3.05) is 13.7 Å². The van der Waals surface area contributed by atoms with Gasteiger partial charge in [0.25, 0.3) is 0 Å². The topological polar surface area (TPSA) is 18.5 Å². The molecule has 0 aliphatic rings. The maximum Gasteiger partial charge on any atom is 0.119 e. The Hall–Kier alpha value is -0.800. The summed E-state index contributed by atoms with van der Waals surface area (Å²) in [6.07, 6.45) is 3.93. The summed E-state index contributed by atoms with van der Waals surface area (Å²) in [6.45, 7) is 5.04. The Labute approximate surface area is 105 Å².